The Labute approximate surface area is 132 Å². The summed E-state index contributed by atoms with van der Waals surface area (Å²) in [5, 5.41) is 0.00532. The minimum Gasteiger partial charge on any atom is -0.462 e. The van der Waals surface area contributed by atoms with Crippen molar-refractivity contribution >= 4 is 37.3 Å². The molecule has 0 aromatic heterocycles. The van der Waals surface area contributed by atoms with Gasteiger partial charge in [0.05, 0.1) is 23.8 Å². The number of benzene rings is 1. The molecule has 5 nitrogen and oxygen atoms in total. The van der Waals surface area contributed by atoms with Crippen LogP contribution in [-0.2, 0) is 18.5 Å². The van der Waals surface area contributed by atoms with Crippen molar-refractivity contribution < 1.29 is 22.7 Å². The Morgan fingerprint density at radius 3 is 2.76 bits per heavy atom. The molecule has 1 aliphatic heterocycles. The second-order valence-corrected chi connectivity index (χ2v) is 7.78. The van der Waals surface area contributed by atoms with Crippen molar-refractivity contribution in [2.75, 3.05) is 19.8 Å². The molecule has 1 aromatic carbocycles. The van der Waals surface area contributed by atoms with E-state index >= 15 is 0 Å². The van der Waals surface area contributed by atoms with Crippen molar-refractivity contribution in [2.24, 2.45) is 5.92 Å². The van der Waals surface area contributed by atoms with Gasteiger partial charge in [-0.1, -0.05) is 11.6 Å². The Kier molecular flexibility index (Phi) is 5.14. The van der Waals surface area contributed by atoms with Crippen molar-refractivity contribution in [3.8, 4) is 0 Å². The van der Waals surface area contributed by atoms with E-state index in [-0.39, 0.29) is 28.0 Å². The average Bonchev–Trinajstić information content (AvgIpc) is 2.90. The summed E-state index contributed by atoms with van der Waals surface area (Å²) in [4.78, 5) is 11.7. The predicted molar refractivity (Wildman–Crippen MR) is 78.4 cm³/mol. The third kappa shape index (κ3) is 4.10. The molecule has 2 rings (SSSR count). The molecule has 1 atom stereocenters. The second kappa shape index (κ2) is 6.52. The third-order valence-electron chi connectivity index (χ3n) is 3.19. The van der Waals surface area contributed by atoms with Crippen LogP contribution in [0.3, 0.4) is 0 Å². The van der Waals surface area contributed by atoms with Crippen molar-refractivity contribution in [3.05, 3.63) is 28.3 Å². The largest absolute Gasteiger partial charge is 0.462 e. The smallest absolute Gasteiger partial charge is 0.338 e. The molecular weight excluding hydrogens is 339 g/mol. The van der Waals surface area contributed by atoms with Gasteiger partial charge in [-0.05, 0) is 31.0 Å². The van der Waals surface area contributed by atoms with E-state index in [0.29, 0.717) is 18.8 Å². The highest BCUT2D eigenvalue weighted by Gasteiger charge is 2.22. The minimum absolute atomic E-state index is 0.00532. The van der Waals surface area contributed by atoms with E-state index in [0.717, 1.165) is 12.5 Å². The van der Waals surface area contributed by atoms with E-state index < -0.39 is 15.0 Å². The highest BCUT2D eigenvalue weighted by molar-refractivity contribution is 8.13. The lowest BCUT2D eigenvalue weighted by Crippen LogP contribution is -2.15. The van der Waals surface area contributed by atoms with Gasteiger partial charge >= 0.3 is 5.97 Å². The number of hydrogen-bond donors (Lipinski definition) is 0. The molecule has 1 fully saturated rings. The molecule has 8 heteroatoms. The number of esters is 1. The lowest BCUT2D eigenvalue weighted by Gasteiger charge is -2.11. The van der Waals surface area contributed by atoms with Gasteiger partial charge in [-0.3, -0.25) is 0 Å². The molecule has 1 heterocycles. The first kappa shape index (κ1) is 16.5. The van der Waals surface area contributed by atoms with Gasteiger partial charge in [0.1, 0.15) is 4.90 Å². The fourth-order valence-corrected chi connectivity index (χ4v) is 3.56. The molecule has 0 aliphatic carbocycles. The van der Waals surface area contributed by atoms with Crippen LogP contribution in [0.5, 0.6) is 0 Å². The zero-order chi connectivity index (χ0) is 15.6. The SMILES string of the molecule is Cc1cc(C(=O)OCC2CCOC2)cc(S(=O)(=O)Cl)c1Cl. The van der Waals surface area contributed by atoms with Crippen LogP contribution in [0.25, 0.3) is 0 Å². The topological polar surface area (TPSA) is 69.7 Å². The average molecular weight is 353 g/mol. The highest BCUT2D eigenvalue weighted by atomic mass is 35.7. The zero-order valence-electron chi connectivity index (χ0n) is 11.3. The zero-order valence-corrected chi connectivity index (χ0v) is 13.6. The summed E-state index contributed by atoms with van der Waals surface area (Å²) in [6.45, 7) is 3.06. The van der Waals surface area contributed by atoms with E-state index in [1.54, 1.807) is 6.92 Å². The first-order valence-electron chi connectivity index (χ1n) is 6.28. The van der Waals surface area contributed by atoms with Gasteiger partial charge in [0.2, 0.25) is 0 Å². The fourth-order valence-electron chi connectivity index (χ4n) is 2.02. The molecule has 0 radical (unpaired) electrons. The van der Waals surface area contributed by atoms with Crippen molar-refractivity contribution in [1.82, 2.24) is 0 Å². The Morgan fingerprint density at radius 1 is 1.48 bits per heavy atom. The summed E-state index contributed by atoms with van der Waals surface area (Å²) >= 11 is 5.90. The molecule has 0 saturated carbocycles. The monoisotopic (exact) mass is 352 g/mol. The van der Waals surface area contributed by atoms with Gasteiger partial charge in [-0.25, -0.2) is 13.2 Å². The van der Waals surface area contributed by atoms with Gasteiger partial charge < -0.3 is 9.47 Å². The summed E-state index contributed by atoms with van der Waals surface area (Å²) in [7, 11) is 1.28. The van der Waals surface area contributed by atoms with Crippen LogP contribution in [0.15, 0.2) is 17.0 Å². The molecule has 1 unspecified atom stereocenters. The molecule has 0 spiro atoms. The maximum Gasteiger partial charge on any atom is 0.338 e. The van der Waals surface area contributed by atoms with E-state index in [1.807, 2.05) is 0 Å². The lowest BCUT2D eigenvalue weighted by molar-refractivity contribution is 0.0428. The number of carbonyl (C=O) groups is 1. The quantitative estimate of drug-likeness (QED) is 0.615. The van der Waals surface area contributed by atoms with Crippen molar-refractivity contribution in [3.63, 3.8) is 0 Å². The van der Waals surface area contributed by atoms with Crippen LogP contribution in [0.1, 0.15) is 22.3 Å². The number of aryl methyl sites for hydroxylation is 1. The first-order chi connectivity index (χ1) is 9.79. The summed E-state index contributed by atoms with van der Waals surface area (Å²) in [5.74, 6) is -0.429. The van der Waals surface area contributed by atoms with Crippen LogP contribution in [-0.4, -0.2) is 34.2 Å². The number of halogens is 2. The first-order valence-corrected chi connectivity index (χ1v) is 8.97. The van der Waals surface area contributed by atoms with E-state index in [1.165, 1.54) is 6.07 Å². The van der Waals surface area contributed by atoms with Crippen molar-refractivity contribution in [2.45, 2.75) is 18.2 Å². The number of rotatable bonds is 4. The van der Waals surface area contributed by atoms with E-state index in [2.05, 4.69) is 0 Å². The maximum atomic E-state index is 12.0. The molecule has 1 aliphatic rings. The Morgan fingerprint density at radius 2 is 2.19 bits per heavy atom. The van der Waals surface area contributed by atoms with Gasteiger partial charge in [0.25, 0.3) is 9.05 Å². The summed E-state index contributed by atoms with van der Waals surface area (Å²) in [6, 6.07) is 2.60. The molecule has 116 valence electrons. The van der Waals surface area contributed by atoms with Gasteiger partial charge in [-0.15, -0.1) is 0 Å². The molecule has 1 aromatic rings. The van der Waals surface area contributed by atoms with Crippen LogP contribution >= 0.6 is 22.3 Å². The second-order valence-electron chi connectivity index (χ2n) is 4.87. The van der Waals surface area contributed by atoms with Crippen LogP contribution < -0.4 is 0 Å². The third-order valence-corrected chi connectivity index (χ3v) is 5.15. The van der Waals surface area contributed by atoms with Crippen molar-refractivity contribution in [1.29, 1.82) is 0 Å². The predicted octanol–water partition coefficient (Wildman–Crippen LogP) is 2.77. The molecule has 0 N–H and O–H groups in total. The molecule has 21 heavy (non-hydrogen) atoms. The fraction of sp³-hybridized carbons (Fsp3) is 0.462. The summed E-state index contributed by atoms with van der Waals surface area (Å²) in [6.07, 6.45) is 0.842. The van der Waals surface area contributed by atoms with Crippen LogP contribution in [0.4, 0.5) is 0 Å². The molecule has 1 saturated heterocycles. The van der Waals surface area contributed by atoms with E-state index in [9.17, 15) is 13.2 Å². The standard InChI is InChI=1S/C13H14Cl2O5S/c1-8-4-10(5-11(12(8)14)21(15,17)18)13(16)20-7-9-2-3-19-6-9/h4-5,9H,2-3,6-7H2,1H3. The minimum atomic E-state index is -4.03. The van der Waals surface area contributed by atoms with Crippen LogP contribution in [0, 0.1) is 12.8 Å². The number of ether oxygens (including phenoxy) is 2. The van der Waals surface area contributed by atoms with E-state index in [4.69, 9.17) is 31.8 Å². The Bertz CT molecular complexity index is 651. The van der Waals surface area contributed by atoms with Gasteiger partial charge in [0, 0.05) is 23.2 Å². The normalized spacial score (nSPS) is 18.7. The molecule has 0 bridgehead atoms. The Balaban J connectivity index is 2.19. The highest BCUT2D eigenvalue weighted by Crippen LogP contribution is 2.29. The van der Waals surface area contributed by atoms with Gasteiger partial charge in [0.15, 0.2) is 0 Å². The maximum absolute atomic E-state index is 12.0. The molecule has 0 amide bonds. The summed E-state index contributed by atoms with van der Waals surface area (Å²) in [5.41, 5.74) is 0.546. The van der Waals surface area contributed by atoms with Crippen LogP contribution in [0.2, 0.25) is 5.02 Å². The number of carbonyl (C=O) groups excluding carboxylic acids is 1. The van der Waals surface area contributed by atoms with Gasteiger partial charge in [-0.2, -0.15) is 0 Å². The Hall–Kier alpha value is -0.820. The lowest BCUT2D eigenvalue weighted by atomic mass is 10.1. The molecular formula is C13H14Cl2O5S. The number of hydrogen-bond acceptors (Lipinski definition) is 5. The summed E-state index contributed by atoms with van der Waals surface area (Å²) < 4.78 is 33.3.